The van der Waals surface area contributed by atoms with Crippen molar-refractivity contribution in [1.82, 2.24) is 4.98 Å². The van der Waals surface area contributed by atoms with E-state index >= 15 is 0 Å². The van der Waals surface area contributed by atoms with Crippen LogP contribution in [0.1, 0.15) is 5.56 Å². The summed E-state index contributed by atoms with van der Waals surface area (Å²) in [5.41, 5.74) is 0.436. The molecule has 1 rings (SSSR count). The third kappa shape index (κ3) is 1.60. The van der Waals surface area contributed by atoms with E-state index in [-0.39, 0.29) is 0 Å². The van der Waals surface area contributed by atoms with Gasteiger partial charge in [0.05, 0.1) is 10.6 Å². The van der Waals surface area contributed by atoms with Gasteiger partial charge in [-0.25, -0.2) is 4.98 Å². The van der Waals surface area contributed by atoms with E-state index in [0.717, 1.165) is 0 Å². The standard InChI is InChI=1S/C7H6ClN3/c1-10-7-2-5(3-9)6(8)4-11-7/h2,4H,1H3,(H,10,11). The van der Waals surface area contributed by atoms with Crippen molar-refractivity contribution in [3.8, 4) is 6.07 Å². The fraction of sp³-hybridized carbons (Fsp3) is 0.143. The fourth-order valence-electron chi connectivity index (χ4n) is 0.661. The lowest BCUT2D eigenvalue weighted by Crippen LogP contribution is -1.92. The average Bonchev–Trinajstić information content (AvgIpc) is 2.05. The molecule has 0 unspecified atom stereocenters. The second kappa shape index (κ2) is 3.22. The second-order valence-corrected chi connectivity index (χ2v) is 2.32. The van der Waals surface area contributed by atoms with Gasteiger partial charge >= 0.3 is 0 Å². The first-order valence-corrected chi connectivity index (χ1v) is 3.39. The highest BCUT2D eigenvalue weighted by Crippen LogP contribution is 2.15. The molecule has 0 saturated heterocycles. The van der Waals surface area contributed by atoms with Crippen LogP contribution in [0.3, 0.4) is 0 Å². The van der Waals surface area contributed by atoms with Crippen molar-refractivity contribution < 1.29 is 0 Å². The predicted octanol–water partition coefficient (Wildman–Crippen LogP) is 1.65. The maximum atomic E-state index is 8.55. The molecule has 11 heavy (non-hydrogen) atoms. The lowest BCUT2D eigenvalue weighted by atomic mass is 10.3. The second-order valence-electron chi connectivity index (χ2n) is 1.91. The van der Waals surface area contributed by atoms with Gasteiger partial charge in [0.1, 0.15) is 11.9 Å². The van der Waals surface area contributed by atoms with Crippen molar-refractivity contribution in [3.05, 3.63) is 22.8 Å². The number of nitrogens with one attached hydrogen (secondary N) is 1. The Morgan fingerprint density at radius 2 is 2.45 bits per heavy atom. The van der Waals surface area contributed by atoms with Crippen molar-refractivity contribution in [2.45, 2.75) is 0 Å². The van der Waals surface area contributed by atoms with Crippen molar-refractivity contribution in [2.75, 3.05) is 12.4 Å². The Morgan fingerprint density at radius 3 is 3.00 bits per heavy atom. The Balaban J connectivity index is 3.15. The number of hydrogen-bond donors (Lipinski definition) is 1. The van der Waals surface area contributed by atoms with Crippen LogP contribution in [0.25, 0.3) is 0 Å². The highest BCUT2D eigenvalue weighted by molar-refractivity contribution is 6.31. The van der Waals surface area contributed by atoms with Crippen LogP contribution in [0.5, 0.6) is 0 Å². The van der Waals surface area contributed by atoms with Crippen LogP contribution in [0, 0.1) is 11.3 Å². The summed E-state index contributed by atoms with van der Waals surface area (Å²) in [4.78, 5) is 3.91. The maximum Gasteiger partial charge on any atom is 0.127 e. The van der Waals surface area contributed by atoms with Crippen LogP contribution in [0.15, 0.2) is 12.3 Å². The van der Waals surface area contributed by atoms with Gasteiger partial charge in [0.15, 0.2) is 0 Å². The van der Waals surface area contributed by atoms with Crippen molar-refractivity contribution in [3.63, 3.8) is 0 Å². The molecule has 0 radical (unpaired) electrons. The summed E-state index contributed by atoms with van der Waals surface area (Å²) in [5, 5.41) is 11.7. The van der Waals surface area contributed by atoms with Crippen LogP contribution >= 0.6 is 11.6 Å². The van der Waals surface area contributed by atoms with E-state index < -0.39 is 0 Å². The van der Waals surface area contributed by atoms with Gasteiger partial charge in [-0.1, -0.05) is 11.6 Å². The Bertz CT molecular complexity index is 303. The number of anilines is 1. The largest absolute Gasteiger partial charge is 0.373 e. The summed E-state index contributed by atoms with van der Waals surface area (Å²) < 4.78 is 0. The quantitative estimate of drug-likeness (QED) is 0.692. The van der Waals surface area contributed by atoms with E-state index in [4.69, 9.17) is 16.9 Å². The van der Waals surface area contributed by atoms with Gasteiger partial charge in [-0.3, -0.25) is 0 Å². The van der Waals surface area contributed by atoms with Gasteiger partial charge in [0.25, 0.3) is 0 Å². The van der Waals surface area contributed by atoms with Gasteiger partial charge in [-0.05, 0) is 6.07 Å². The maximum absolute atomic E-state index is 8.55. The van der Waals surface area contributed by atoms with E-state index in [1.807, 2.05) is 6.07 Å². The summed E-state index contributed by atoms with van der Waals surface area (Å²) in [6.45, 7) is 0. The van der Waals surface area contributed by atoms with Crippen molar-refractivity contribution in [1.29, 1.82) is 5.26 Å². The highest BCUT2D eigenvalue weighted by Gasteiger charge is 1.99. The number of hydrogen-bond acceptors (Lipinski definition) is 3. The molecule has 4 heteroatoms. The van der Waals surface area contributed by atoms with Gasteiger partial charge in [0, 0.05) is 13.2 Å². The Labute approximate surface area is 69.6 Å². The van der Waals surface area contributed by atoms with Crippen LogP contribution in [-0.4, -0.2) is 12.0 Å². The minimum Gasteiger partial charge on any atom is -0.373 e. The SMILES string of the molecule is CNc1cc(C#N)c(Cl)cn1. The zero-order valence-corrected chi connectivity index (χ0v) is 6.68. The van der Waals surface area contributed by atoms with E-state index in [9.17, 15) is 0 Å². The van der Waals surface area contributed by atoms with Crippen LogP contribution in [-0.2, 0) is 0 Å². The molecule has 0 saturated carbocycles. The Kier molecular flexibility index (Phi) is 2.29. The molecule has 1 N–H and O–H groups in total. The van der Waals surface area contributed by atoms with Crippen molar-refractivity contribution >= 4 is 17.4 Å². The van der Waals surface area contributed by atoms with E-state index in [0.29, 0.717) is 16.4 Å². The molecular weight excluding hydrogens is 162 g/mol. The molecule has 0 fully saturated rings. The lowest BCUT2D eigenvalue weighted by molar-refractivity contribution is 1.27. The molecule has 0 aliphatic carbocycles. The zero-order valence-electron chi connectivity index (χ0n) is 5.93. The molecule has 0 spiro atoms. The first kappa shape index (κ1) is 7.83. The number of rotatable bonds is 1. The molecule has 0 aliphatic rings. The average molecular weight is 168 g/mol. The molecule has 3 nitrogen and oxygen atoms in total. The number of nitrogens with zero attached hydrogens (tertiary/aromatic N) is 2. The number of pyridine rings is 1. The highest BCUT2D eigenvalue weighted by atomic mass is 35.5. The number of halogens is 1. The van der Waals surface area contributed by atoms with Crippen molar-refractivity contribution in [2.24, 2.45) is 0 Å². The van der Waals surface area contributed by atoms with E-state index in [2.05, 4.69) is 10.3 Å². The Morgan fingerprint density at radius 1 is 1.73 bits per heavy atom. The molecule has 0 amide bonds. The summed E-state index contributed by atoms with van der Waals surface area (Å²) in [5.74, 6) is 0.644. The molecule has 0 bridgehead atoms. The Hall–Kier alpha value is -1.27. The summed E-state index contributed by atoms with van der Waals surface area (Å²) in [6.07, 6.45) is 1.45. The van der Waals surface area contributed by atoms with Gasteiger partial charge in [-0.15, -0.1) is 0 Å². The summed E-state index contributed by atoms with van der Waals surface area (Å²) in [6, 6.07) is 3.56. The molecule has 1 aromatic rings. The number of nitriles is 1. The minimum absolute atomic E-state index is 0.381. The molecule has 0 aromatic carbocycles. The number of aromatic nitrogens is 1. The minimum atomic E-state index is 0.381. The molecule has 56 valence electrons. The summed E-state index contributed by atoms with van der Waals surface area (Å²) >= 11 is 5.64. The third-order valence-electron chi connectivity index (χ3n) is 1.23. The predicted molar refractivity (Wildman–Crippen MR) is 43.5 cm³/mol. The smallest absolute Gasteiger partial charge is 0.127 e. The third-order valence-corrected chi connectivity index (χ3v) is 1.53. The van der Waals surface area contributed by atoms with Gasteiger partial charge < -0.3 is 5.32 Å². The summed E-state index contributed by atoms with van der Waals surface area (Å²) in [7, 11) is 1.73. The fourth-order valence-corrected chi connectivity index (χ4v) is 0.807. The molecule has 1 heterocycles. The molecular formula is C7H6ClN3. The van der Waals surface area contributed by atoms with E-state index in [1.54, 1.807) is 13.1 Å². The van der Waals surface area contributed by atoms with Crippen LogP contribution < -0.4 is 5.32 Å². The zero-order chi connectivity index (χ0) is 8.27. The van der Waals surface area contributed by atoms with E-state index in [1.165, 1.54) is 6.20 Å². The first-order valence-electron chi connectivity index (χ1n) is 3.01. The monoisotopic (exact) mass is 167 g/mol. The van der Waals surface area contributed by atoms with Crippen LogP contribution in [0.4, 0.5) is 5.82 Å². The van der Waals surface area contributed by atoms with Crippen LogP contribution in [0.2, 0.25) is 5.02 Å². The lowest BCUT2D eigenvalue weighted by Gasteiger charge is -1.98. The molecule has 0 aliphatic heterocycles. The van der Waals surface area contributed by atoms with Gasteiger partial charge in [0.2, 0.25) is 0 Å². The topological polar surface area (TPSA) is 48.7 Å². The normalized spacial score (nSPS) is 8.82. The first-order chi connectivity index (χ1) is 5.27. The molecule has 0 atom stereocenters. The molecule has 1 aromatic heterocycles. The van der Waals surface area contributed by atoms with Gasteiger partial charge in [-0.2, -0.15) is 5.26 Å².